The molecule has 0 amide bonds. The Bertz CT molecular complexity index is 542. The maximum atomic E-state index is 12.6. The van der Waals surface area contributed by atoms with E-state index in [9.17, 15) is 4.79 Å². The van der Waals surface area contributed by atoms with Crippen molar-refractivity contribution in [1.29, 1.82) is 0 Å². The van der Waals surface area contributed by atoms with Gasteiger partial charge in [-0.1, -0.05) is 73.7 Å². The average molecular weight is 250 g/mol. The lowest BCUT2D eigenvalue weighted by Gasteiger charge is -2.17. The van der Waals surface area contributed by atoms with Crippen LogP contribution in [0.1, 0.15) is 29.9 Å². The lowest BCUT2D eigenvalue weighted by atomic mass is 9.85. The highest BCUT2D eigenvalue weighted by Crippen LogP contribution is 2.26. The number of hydrogen-bond donors (Lipinski definition) is 0. The quantitative estimate of drug-likeness (QED) is 0.722. The first-order chi connectivity index (χ1) is 9.24. The van der Waals surface area contributed by atoms with Gasteiger partial charge >= 0.3 is 0 Å². The van der Waals surface area contributed by atoms with E-state index in [0.29, 0.717) is 0 Å². The summed E-state index contributed by atoms with van der Waals surface area (Å²) in [6, 6.07) is 19.7. The fourth-order valence-corrected chi connectivity index (χ4v) is 2.25. The Kier molecular flexibility index (Phi) is 4.30. The molecule has 0 unspecified atom stereocenters. The maximum absolute atomic E-state index is 12.6. The minimum absolute atomic E-state index is 0.121. The number of Topliss-reactive ketones (excluding diaryl/α,β-unsaturated/α-hetero) is 1. The number of ketones is 1. The van der Waals surface area contributed by atoms with Crippen molar-refractivity contribution in [3.63, 3.8) is 0 Å². The highest BCUT2D eigenvalue weighted by atomic mass is 16.1. The fraction of sp³-hybridized carbons (Fsp3) is 0.167. The van der Waals surface area contributed by atoms with Gasteiger partial charge in [-0.05, 0) is 11.1 Å². The van der Waals surface area contributed by atoms with Crippen LogP contribution in [0, 0.1) is 0 Å². The molecule has 0 aromatic heterocycles. The molecule has 1 nitrogen and oxygen atoms in total. The summed E-state index contributed by atoms with van der Waals surface area (Å²) >= 11 is 0. The summed E-state index contributed by atoms with van der Waals surface area (Å²) < 4.78 is 0. The summed E-state index contributed by atoms with van der Waals surface area (Å²) in [4.78, 5) is 12.6. The van der Waals surface area contributed by atoms with Crippen LogP contribution in [0.15, 0.2) is 73.3 Å². The Hall–Kier alpha value is -2.15. The molecule has 0 aliphatic carbocycles. The monoisotopic (exact) mass is 250 g/mol. The molecule has 0 radical (unpaired) electrons. The fourth-order valence-electron chi connectivity index (χ4n) is 2.25. The van der Waals surface area contributed by atoms with Gasteiger partial charge in [-0.25, -0.2) is 0 Å². The van der Waals surface area contributed by atoms with E-state index in [1.54, 1.807) is 6.08 Å². The lowest BCUT2D eigenvalue weighted by Crippen LogP contribution is -2.17. The highest BCUT2D eigenvalue weighted by molar-refractivity contribution is 5.92. The first kappa shape index (κ1) is 13.3. The molecule has 0 fully saturated rings. The average Bonchev–Trinajstić information content (AvgIpc) is 2.49. The molecule has 19 heavy (non-hydrogen) atoms. The molecule has 2 aromatic carbocycles. The van der Waals surface area contributed by atoms with Crippen molar-refractivity contribution in [1.82, 2.24) is 0 Å². The van der Waals surface area contributed by atoms with Crippen LogP contribution in [0.2, 0.25) is 0 Å². The molecule has 0 aliphatic rings. The molecule has 2 atom stereocenters. The first-order valence-corrected chi connectivity index (χ1v) is 6.50. The van der Waals surface area contributed by atoms with Gasteiger partial charge in [0.25, 0.3) is 0 Å². The molecule has 0 N–H and O–H groups in total. The van der Waals surface area contributed by atoms with E-state index in [4.69, 9.17) is 0 Å². The van der Waals surface area contributed by atoms with Crippen LogP contribution in [0.3, 0.4) is 0 Å². The second kappa shape index (κ2) is 6.14. The van der Waals surface area contributed by atoms with Gasteiger partial charge in [0.15, 0.2) is 5.78 Å². The summed E-state index contributed by atoms with van der Waals surface area (Å²) in [6.45, 7) is 5.77. The van der Waals surface area contributed by atoms with E-state index in [-0.39, 0.29) is 17.6 Å². The third kappa shape index (κ3) is 3.00. The van der Waals surface area contributed by atoms with Crippen LogP contribution >= 0.6 is 0 Å². The Balaban J connectivity index is 2.25. The molecular formula is C18H18O. The molecule has 0 aliphatic heterocycles. The van der Waals surface area contributed by atoms with Crippen molar-refractivity contribution >= 4 is 5.78 Å². The summed E-state index contributed by atoms with van der Waals surface area (Å²) in [5.41, 5.74) is 2.06. The molecule has 96 valence electrons. The SMILES string of the molecule is C=C[C@@H](C(=O)[C@@H](C)c1ccccc1)c1ccccc1. The third-order valence-corrected chi connectivity index (χ3v) is 3.43. The van der Waals surface area contributed by atoms with E-state index < -0.39 is 0 Å². The van der Waals surface area contributed by atoms with Crippen LogP contribution in [0.4, 0.5) is 0 Å². The summed E-state index contributed by atoms with van der Waals surface area (Å²) in [5, 5.41) is 0. The van der Waals surface area contributed by atoms with Crippen LogP contribution in [-0.2, 0) is 4.79 Å². The smallest absolute Gasteiger partial charge is 0.151 e. The second-order valence-corrected chi connectivity index (χ2v) is 4.66. The van der Waals surface area contributed by atoms with Crippen molar-refractivity contribution in [3.8, 4) is 0 Å². The molecule has 0 saturated carbocycles. The zero-order chi connectivity index (χ0) is 13.7. The van der Waals surface area contributed by atoms with E-state index in [0.717, 1.165) is 11.1 Å². The van der Waals surface area contributed by atoms with Gasteiger partial charge in [0.05, 0.1) is 5.92 Å². The zero-order valence-corrected chi connectivity index (χ0v) is 11.1. The van der Waals surface area contributed by atoms with Gasteiger partial charge in [0.2, 0.25) is 0 Å². The molecule has 0 spiro atoms. The first-order valence-electron chi connectivity index (χ1n) is 6.50. The molecule has 2 rings (SSSR count). The Morgan fingerprint density at radius 2 is 1.42 bits per heavy atom. The largest absolute Gasteiger partial charge is 0.298 e. The molecular weight excluding hydrogens is 232 g/mol. The van der Waals surface area contributed by atoms with E-state index >= 15 is 0 Å². The predicted octanol–water partition coefficient (Wildman–Crippen LogP) is 4.33. The molecule has 2 aromatic rings. The van der Waals surface area contributed by atoms with Crippen molar-refractivity contribution in [2.45, 2.75) is 18.8 Å². The van der Waals surface area contributed by atoms with Crippen LogP contribution in [0.25, 0.3) is 0 Å². The van der Waals surface area contributed by atoms with Gasteiger partial charge in [-0.2, -0.15) is 0 Å². The number of allylic oxidation sites excluding steroid dienone is 1. The molecule has 1 heteroatoms. The van der Waals surface area contributed by atoms with E-state index in [1.165, 1.54) is 0 Å². The number of carbonyl (C=O) groups is 1. The number of rotatable bonds is 5. The summed E-state index contributed by atoms with van der Waals surface area (Å²) in [6.07, 6.45) is 1.73. The minimum Gasteiger partial charge on any atom is -0.298 e. The predicted molar refractivity (Wildman–Crippen MR) is 79.2 cm³/mol. The molecule has 0 heterocycles. The van der Waals surface area contributed by atoms with Gasteiger partial charge < -0.3 is 0 Å². The highest BCUT2D eigenvalue weighted by Gasteiger charge is 2.23. The number of benzene rings is 2. The number of hydrogen-bond acceptors (Lipinski definition) is 1. The van der Waals surface area contributed by atoms with Gasteiger partial charge in [0, 0.05) is 5.92 Å². The normalized spacial score (nSPS) is 13.5. The van der Waals surface area contributed by atoms with Crippen molar-refractivity contribution in [2.75, 3.05) is 0 Å². The topological polar surface area (TPSA) is 17.1 Å². The van der Waals surface area contributed by atoms with Gasteiger partial charge in [-0.15, -0.1) is 6.58 Å². The maximum Gasteiger partial charge on any atom is 0.151 e. The van der Waals surface area contributed by atoms with Crippen molar-refractivity contribution < 1.29 is 4.79 Å². The van der Waals surface area contributed by atoms with Crippen LogP contribution in [0.5, 0.6) is 0 Å². The number of carbonyl (C=O) groups excluding carboxylic acids is 1. The van der Waals surface area contributed by atoms with Gasteiger partial charge in [-0.3, -0.25) is 4.79 Å². The molecule has 0 bridgehead atoms. The Labute approximate surface area is 114 Å². The van der Waals surface area contributed by atoms with Crippen molar-refractivity contribution in [2.24, 2.45) is 0 Å². The minimum atomic E-state index is -0.239. The van der Waals surface area contributed by atoms with E-state index in [1.807, 2.05) is 67.6 Å². The van der Waals surface area contributed by atoms with E-state index in [2.05, 4.69) is 6.58 Å². The zero-order valence-electron chi connectivity index (χ0n) is 11.1. The standard InChI is InChI=1S/C18H18O/c1-3-17(16-12-8-5-9-13-16)18(19)14(2)15-10-6-4-7-11-15/h3-14,17H,1H2,2H3/t14-,17+/m0/s1. The van der Waals surface area contributed by atoms with Crippen LogP contribution < -0.4 is 0 Å². The lowest BCUT2D eigenvalue weighted by molar-refractivity contribution is -0.120. The summed E-state index contributed by atoms with van der Waals surface area (Å²) in [5.74, 6) is -0.173. The van der Waals surface area contributed by atoms with Crippen LogP contribution in [-0.4, -0.2) is 5.78 Å². The Morgan fingerprint density at radius 3 is 1.89 bits per heavy atom. The molecule has 0 saturated heterocycles. The van der Waals surface area contributed by atoms with Crippen molar-refractivity contribution in [3.05, 3.63) is 84.4 Å². The second-order valence-electron chi connectivity index (χ2n) is 4.66. The van der Waals surface area contributed by atoms with Gasteiger partial charge in [0.1, 0.15) is 0 Å². The third-order valence-electron chi connectivity index (χ3n) is 3.43. The summed E-state index contributed by atoms with van der Waals surface area (Å²) in [7, 11) is 0. The Morgan fingerprint density at radius 1 is 0.947 bits per heavy atom.